The van der Waals surface area contributed by atoms with Crippen LogP contribution in [0.2, 0.25) is 5.02 Å². The number of ether oxygens (including phenoxy) is 2. The Hall–Kier alpha value is -0.810. The largest absolute Gasteiger partial charge is 0.496 e. The molecule has 0 aromatic heterocycles. The molecule has 0 atom stereocenters. The van der Waals surface area contributed by atoms with Crippen LogP contribution in [-0.2, 0) is 10.3 Å². The number of hydrogen-bond acceptors (Lipinski definition) is 4. The molecule has 94 valence electrons. The van der Waals surface area contributed by atoms with Gasteiger partial charge in [0, 0.05) is 10.6 Å². The number of nitrogens with two attached hydrogens (primary N) is 1. The molecule has 17 heavy (non-hydrogen) atoms. The van der Waals surface area contributed by atoms with Crippen LogP contribution in [0.15, 0.2) is 6.07 Å². The van der Waals surface area contributed by atoms with Crippen LogP contribution >= 0.6 is 11.6 Å². The Balaban J connectivity index is 2.63. The fraction of sp³-hybridized carbons (Fsp3) is 0.500. The van der Waals surface area contributed by atoms with Crippen LogP contribution in [0.1, 0.15) is 16.7 Å². The zero-order valence-electron chi connectivity index (χ0n) is 10.3. The van der Waals surface area contributed by atoms with E-state index >= 15 is 0 Å². The van der Waals surface area contributed by atoms with Gasteiger partial charge in [-0.25, -0.2) is 5.43 Å². The van der Waals surface area contributed by atoms with E-state index in [1.165, 1.54) is 0 Å². The van der Waals surface area contributed by atoms with Gasteiger partial charge in [0.2, 0.25) is 0 Å². The van der Waals surface area contributed by atoms with Crippen LogP contribution in [0.5, 0.6) is 5.75 Å². The zero-order chi connectivity index (χ0) is 12.6. The van der Waals surface area contributed by atoms with Crippen molar-refractivity contribution < 1.29 is 9.47 Å². The zero-order valence-corrected chi connectivity index (χ0v) is 11.0. The number of rotatable bonds is 3. The first-order chi connectivity index (χ1) is 8.05. The molecule has 1 aromatic carbocycles. The number of benzene rings is 1. The monoisotopic (exact) mass is 256 g/mol. The molecule has 1 aliphatic heterocycles. The van der Waals surface area contributed by atoms with Crippen molar-refractivity contribution in [1.82, 2.24) is 5.43 Å². The Labute approximate surface area is 106 Å². The van der Waals surface area contributed by atoms with Gasteiger partial charge in [-0.3, -0.25) is 5.84 Å². The normalized spacial score (nSPS) is 17.7. The third-order valence-electron chi connectivity index (χ3n) is 3.32. The summed E-state index contributed by atoms with van der Waals surface area (Å²) in [6.07, 6.45) is 0. The van der Waals surface area contributed by atoms with Crippen LogP contribution in [-0.4, -0.2) is 20.3 Å². The molecular formula is C12H17ClN2O2. The second-order valence-corrected chi connectivity index (χ2v) is 4.81. The average Bonchev–Trinajstić information content (AvgIpc) is 2.27. The van der Waals surface area contributed by atoms with Crippen molar-refractivity contribution in [2.45, 2.75) is 19.4 Å². The first kappa shape index (κ1) is 12.6. The molecule has 1 aromatic rings. The van der Waals surface area contributed by atoms with Gasteiger partial charge in [-0.15, -0.1) is 0 Å². The van der Waals surface area contributed by atoms with Crippen molar-refractivity contribution in [2.24, 2.45) is 5.84 Å². The van der Waals surface area contributed by atoms with E-state index in [0.29, 0.717) is 13.2 Å². The van der Waals surface area contributed by atoms with Gasteiger partial charge in [-0.1, -0.05) is 11.6 Å². The Bertz CT molecular complexity index is 439. The number of halogens is 1. The quantitative estimate of drug-likeness (QED) is 0.638. The van der Waals surface area contributed by atoms with Crippen molar-refractivity contribution in [3.63, 3.8) is 0 Å². The molecule has 0 aliphatic carbocycles. The summed E-state index contributed by atoms with van der Waals surface area (Å²) in [6.45, 7) is 4.99. The highest BCUT2D eigenvalue weighted by Gasteiger charge is 2.43. The Morgan fingerprint density at radius 2 is 2.12 bits per heavy atom. The van der Waals surface area contributed by atoms with E-state index in [2.05, 4.69) is 5.43 Å². The maximum atomic E-state index is 6.29. The fourth-order valence-electron chi connectivity index (χ4n) is 2.28. The number of hydrogen-bond donors (Lipinski definition) is 2. The first-order valence-corrected chi connectivity index (χ1v) is 5.83. The highest BCUT2D eigenvalue weighted by Crippen LogP contribution is 2.41. The van der Waals surface area contributed by atoms with Gasteiger partial charge in [0.25, 0.3) is 0 Å². The molecule has 1 aliphatic rings. The first-order valence-electron chi connectivity index (χ1n) is 5.45. The van der Waals surface area contributed by atoms with Crippen LogP contribution in [0.25, 0.3) is 0 Å². The van der Waals surface area contributed by atoms with Crippen LogP contribution in [0.4, 0.5) is 0 Å². The molecule has 0 saturated carbocycles. The molecule has 2 rings (SSSR count). The molecule has 1 saturated heterocycles. The summed E-state index contributed by atoms with van der Waals surface area (Å²) in [5.41, 5.74) is 5.43. The lowest BCUT2D eigenvalue weighted by Crippen LogP contribution is -2.60. The molecule has 0 bridgehead atoms. The molecule has 0 radical (unpaired) electrons. The third kappa shape index (κ3) is 1.81. The smallest absolute Gasteiger partial charge is 0.124 e. The minimum Gasteiger partial charge on any atom is -0.496 e. The molecule has 0 unspecified atom stereocenters. The minimum atomic E-state index is -0.382. The summed E-state index contributed by atoms with van der Waals surface area (Å²) in [5, 5.41) is 0.752. The summed E-state index contributed by atoms with van der Waals surface area (Å²) >= 11 is 6.29. The van der Waals surface area contributed by atoms with Gasteiger partial charge in [-0.05, 0) is 31.0 Å². The van der Waals surface area contributed by atoms with E-state index < -0.39 is 0 Å². The van der Waals surface area contributed by atoms with Gasteiger partial charge in [0.15, 0.2) is 0 Å². The van der Waals surface area contributed by atoms with Crippen molar-refractivity contribution in [2.75, 3.05) is 20.3 Å². The van der Waals surface area contributed by atoms with E-state index in [4.69, 9.17) is 26.9 Å². The second-order valence-electron chi connectivity index (χ2n) is 4.43. The van der Waals surface area contributed by atoms with Gasteiger partial charge in [-0.2, -0.15) is 0 Å². The van der Waals surface area contributed by atoms with Crippen LogP contribution < -0.4 is 16.0 Å². The molecule has 3 N–H and O–H groups in total. The summed E-state index contributed by atoms with van der Waals surface area (Å²) in [5.74, 6) is 6.45. The van der Waals surface area contributed by atoms with E-state index in [9.17, 15) is 0 Å². The SMILES string of the molecule is COc1cc(C)c(Cl)c(C)c1C1(NN)COC1. The molecule has 1 heterocycles. The lowest BCUT2D eigenvalue weighted by atomic mass is 9.84. The fourth-order valence-corrected chi connectivity index (χ4v) is 2.43. The molecule has 0 amide bonds. The van der Waals surface area contributed by atoms with Crippen molar-refractivity contribution in [3.05, 3.63) is 27.8 Å². The molecule has 4 nitrogen and oxygen atoms in total. The third-order valence-corrected chi connectivity index (χ3v) is 3.90. The van der Waals surface area contributed by atoms with Gasteiger partial charge >= 0.3 is 0 Å². The molecule has 5 heteroatoms. The highest BCUT2D eigenvalue weighted by molar-refractivity contribution is 6.32. The van der Waals surface area contributed by atoms with Gasteiger partial charge in [0.1, 0.15) is 11.3 Å². The van der Waals surface area contributed by atoms with E-state index in [1.807, 2.05) is 19.9 Å². The predicted molar refractivity (Wildman–Crippen MR) is 67.3 cm³/mol. The molecular weight excluding hydrogens is 240 g/mol. The van der Waals surface area contributed by atoms with E-state index in [1.54, 1.807) is 7.11 Å². The number of aryl methyl sites for hydroxylation is 1. The number of hydrazine groups is 1. The van der Waals surface area contributed by atoms with Crippen molar-refractivity contribution in [3.8, 4) is 5.75 Å². The lowest BCUT2D eigenvalue weighted by Gasteiger charge is -2.42. The lowest BCUT2D eigenvalue weighted by molar-refractivity contribution is -0.0798. The number of nitrogens with one attached hydrogen (secondary N) is 1. The van der Waals surface area contributed by atoms with Crippen LogP contribution in [0.3, 0.4) is 0 Å². The standard InChI is InChI=1S/C12H17ClN2O2/c1-7-4-9(16-3)10(8(2)11(7)13)12(15-14)5-17-6-12/h4,15H,5-6,14H2,1-3H3. The van der Waals surface area contributed by atoms with Gasteiger partial charge in [0.05, 0.1) is 20.3 Å². The average molecular weight is 257 g/mol. The Morgan fingerprint density at radius 1 is 1.47 bits per heavy atom. The Kier molecular flexibility index (Phi) is 3.32. The van der Waals surface area contributed by atoms with Crippen molar-refractivity contribution in [1.29, 1.82) is 0 Å². The summed E-state index contributed by atoms with van der Waals surface area (Å²) < 4.78 is 10.7. The highest BCUT2D eigenvalue weighted by atomic mass is 35.5. The topological polar surface area (TPSA) is 56.5 Å². The maximum absolute atomic E-state index is 6.29. The summed E-state index contributed by atoms with van der Waals surface area (Å²) in [7, 11) is 1.65. The van der Waals surface area contributed by atoms with Crippen molar-refractivity contribution >= 4 is 11.6 Å². The Morgan fingerprint density at radius 3 is 2.53 bits per heavy atom. The summed E-state index contributed by atoms with van der Waals surface area (Å²) in [6, 6.07) is 1.93. The van der Waals surface area contributed by atoms with Crippen LogP contribution in [0, 0.1) is 13.8 Å². The molecule has 1 fully saturated rings. The minimum absolute atomic E-state index is 0.382. The second kappa shape index (κ2) is 4.46. The maximum Gasteiger partial charge on any atom is 0.124 e. The molecule has 0 spiro atoms. The van der Waals surface area contributed by atoms with E-state index in [0.717, 1.165) is 27.5 Å². The summed E-state index contributed by atoms with van der Waals surface area (Å²) in [4.78, 5) is 0. The van der Waals surface area contributed by atoms with Gasteiger partial charge < -0.3 is 9.47 Å². The van der Waals surface area contributed by atoms with E-state index in [-0.39, 0.29) is 5.54 Å². The predicted octanol–water partition coefficient (Wildman–Crippen LogP) is 1.65. The number of methoxy groups -OCH3 is 1.